The maximum absolute atomic E-state index is 12.1. The van der Waals surface area contributed by atoms with Gasteiger partial charge < -0.3 is 16.4 Å². The molecule has 0 aliphatic rings. The number of hydrogen-bond acceptors (Lipinski definition) is 3. The summed E-state index contributed by atoms with van der Waals surface area (Å²) in [7, 11) is 0. The molecule has 5 nitrogen and oxygen atoms in total. The van der Waals surface area contributed by atoms with Gasteiger partial charge in [0, 0.05) is 11.1 Å². The van der Waals surface area contributed by atoms with Crippen molar-refractivity contribution in [2.45, 2.75) is 25.9 Å². The Balaban J connectivity index is 2.13. The van der Waals surface area contributed by atoms with Crippen molar-refractivity contribution in [1.29, 1.82) is 0 Å². The number of rotatable bonds is 4. The lowest BCUT2D eigenvalue weighted by atomic mass is 10.1. The molecule has 0 saturated carbocycles. The first kappa shape index (κ1) is 15.0. The molecule has 0 bridgehead atoms. The summed E-state index contributed by atoms with van der Waals surface area (Å²) in [6.07, 6.45) is 0. The van der Waals surface area contributed by atoms with Gasteiger partial charge in [-0.05, 0) is 25.3 Å². The van der Waals surface area contributed by atoms with Crippen LogP contribution >= 0.6 is 0 Å². The van der Waals surface area contributed by atoms with Gasteiger partial charge in [-0.2, -0.15) is 0 Å². The molecule has 0 aromatic heterocycles. The average molecular weight is 285 g/mol. The molecule has 2 atom stereocenters. The van der Waals surface area contributed by atoms with Crippen LogP contribution in [0.15, 0.2) is 42.5 Å². The van der Waals surface area contributed by atoms with E-state index in [-0.39, 0.29) is 11.8 Å². The van der Waals surface area contributed by atoms with Crippen LogP contribution in [0.3, 0.4) is 0 Å². The summed E-state index contributed by atoms with van der Waals surface area (Å²) in [5, 5.41) is 7.41. The molecule has 0 radical (unpaired) electrons. The Labute approximate surface area is 123 Å². The molecule has 0 spiro atoms. The van der Waals surface area contributed by atoms with Crippen molar-refractivity contribution in [3.8, 4) is 0 Å². The van der Waals surface area contributed by atoms with Gasteiger partial charge in [-0.1, -0.05) is 36.4 Å². The van der Waals surface area contributed by atoms with Crippen molar-refractivity contribution in [3.05, 3.63) is 42.5 Å². The molecular weight excluding hydrogens is 266 g/mol. The fourth-order valence-electron chi connectivity index (χ4n) is 1.99. The Morgan fingerprint density at radius 2 is 1.67 bits per heavy atom. The predicted octanol–water partition coefficient (Wildman–Crippen LogP) is 1.63. The first-order chi connectivity index (χ1) is 9.99. The van der Waals surface area contributed by atoms with Crippen LogP contribution in [0.4, 0.5) is 5.69 Å². The third-order valence-corrected chi connectivity index (χ3v) is 3.21. The van der Waals surface area contributed by atoms with Gasteiger partial charge in [-0.15, -0.1) is 0 Å². The molecule has 5 heteroatoms. The fraction of sp³-hybridized carbons (Fsp3) is 0.250. The second-order valence-electron chi connectivity index (χ2n) is 5.03. The van der Waals surface area contributed by atoms with Crippen LogP contribution in [0.25, 0.3) is 10.8 Å². The van der Waals surface area contributed by atoms with Gasteiger partial charge in [0.05, 0.1) is 6.04 Å². The predicted molar refractivity (Wildman–Crippen MR) is 83.8 cm³/mol. The van der Waals surface area contributed by atoms with Crippen LogP contribution in [0.2, 0.25) is 0 Å². The minimum absolute atomic E-state index is 0.277. The number of benzene rings is 2. The first-order valence-corrected chi connectivity index (χ1v) is 6.83. The van der Waals surface area contributed by atoms with Gasteiger partial charge in [-0.25, -0.2) is 0 Å². The molecule has 2 rings (SSSR count). The van der Waals surface area contributed by atoms with Crippen molar-refractivity contribution in [3.63, 3.8) is 0 Å². The van der Waals surface area contributed by atoms with Crippen LogP contribution < -0.4 is 16.4 Å². The average Bonchev–Trinajstić information content (AvgIpc) is 2.47. The van der Waals surface area contributed by atoms with Gasteiger partial charge in [0.1, 0.15) is 6.04 Å². The standard InChI is InChI=1S/C16H19N3O2/c1-10(17)15(20)18-11(2)16(21)19-14-9-5-7-12-6-3-4-8-13(12)14/h3-11H,17H2,1-2H3,(H,18,20)(H,19,21)/t10-,11-/m0/s1. The Kier molecular flexibility index (Phi) is 4.55. The second kappa shape index (κ2) is 6.37. The number of anilines is 1. The highest BCUT2D eigenvalue weighted by atomic mass is 16.2. The number of carbonyl (C=O) groups is 2. The quantitative estimate of drug-likeness (QED) is 0.798. The monoisotopic (exact) mass is 285 g/mol. The van der Waals surface area contributed by atoms with Crippen molar-refractivity contribution in [2.75, 3.05) is 5.32 Å². The van der Waals surface area contributed by atoms with Crippen molar-refractivity contribution >= 4 is 28.3 Å². The molecule has 21 heavy (non-hydrogen) atoms. The zero-order valence-corrected chi connectivity index (χ0v) is 12.1. The summed E-state index contributed by atoms with van der Waals surface area (Å²) in [6.45, 7) is 3.20. The minimum atomic E-state index is -0.650. The molecule has 2 aromatic rings. The third-order valence-electron chi connectivity index (χ3n) is 3.21. The van der Waals surface area contributed by atoms with Gasteiger partial charge in [0.25, 0.3) is 0 Å². The highest BCUT2D eigenvalue weighted by molar-refractivity contribution is 6.04. The number of hydrogen-bond donors (Lipinski definition) is 3. The van der Waals surface area contributed by atoms with Gasteiger partial charge in [-0.3, -0.25) is 9.59 Å². The largest absolute Gasteiger partial charge is 0.343 e. The molecule has 4 N–H and O–H groups in total. The third kappa shape index (κ3) is 3.58. The second-order valence-corrected chi connectivity index (χ2v) is 5.03. The highest BCUT2D eigenvalue weighted by Crippen LogP contribution is 2.22. The lowest BCUT2D eigenvalue weighted by Gasteiger charge is -2.16. The van der Waals surface area contributed by atoms with Crippen LogP contribution in [-0.4, -0.2) is 23.9 Å². The van der Waals surface area contributed by atoms with E-state index in [4.69, 9.17) is 5.73 Å². The molecule has 2 amide bonds. The molecule has 2 aromatic carbocycles. The van der Waals surface area contributed by atoms with Crippen molar-refractivity contribution < 1.29 is 9.59 Å². The number of carbonyl (C=O) groups excluding carboxylic acids is 2. The van der Waals surface area contributed by atoms with E-state index in [9.17, 15) is 9.59 Å². The maximum Gasteiger partial charge on any atom is 0.246 e. The normalized spacial score (nSPS) is 13.5. The summed E-state index contributed by atoms with van der Waals surface area (Å²) in [6, 6.07) is 12.2. The molecular formula is C16H19N3O2. The van der Waals surface area contributed by atoms with Crippen molar-refractivity contribution in [2.24, 2.45) is 5.73 Å². The highest BCUT2D eigenvalue weighted by Gasteiger charge is 2.18. The summed E-state index contributed by atoms with van der Waals surface area (Å²) in [5.74, 6) is -0.629. The smallest absolute Gasteiger partial charge is 0.246 e. The van der Waals surface area contributed by atoms with E-state index in [2.05, 4.69) is 10.6 Å². The maximum atomic E-state index is 12.1. The minimum Gasteiger partial charge on any atom is -0.343 e. The Morgan fingerprint density at radius 3 is 2.38 bits per heavy atom. The van der Waals surface area contributed by atoms with Crippen LogP contribution in [0, 0.1) is 0 Å². The topological polar surface area (TPSA) is 84.2 Å². The summed E-state index contributed by atoms with van der Waals surface area (Å²) < 4.78 is 0. The van der Waals surface area contributed by atoms with E-state index in [0.717, 1.165) is 16.5 Å². The lowest BCUT2D eigenvalue weighted by molar-refractivity contribution is -0.126. The number of nitrogens with two attached hydrogens (primary N) is 1. The molecule has 0 saturated heterocycles. The fourth-order valence-corrected chi connectivity index (χ4v) is 1.99. The van der Waals surface area contributed by atoms with E-state index in [1.54, 1.807) is 13.8 Å². The van der Waals surface area contributed by atoms with E-state index in [1.165, 1.54) is 0 Å². The Bertz CT molecular complexity index is 662. The number of fused-ring (bicyclic) bond motifs is 1. The first-order valence-electron chi connectivity index (χ1n) is 6.83. The van der Waals surface area contributed by atoms with E-state index >= 15 is 0 Å². The van der Waals surface area contributed by atoms with Gasteiger partial charge in [0.2, 0.25) is 11.8 Å². The number of amides is 2. The zero-order valence-electron chi connectivity index (χ0n) is 12.1. The summed E-state index contributed by atoms with van der Waals surface area (Å²) >= 11 is 0. The Morgan fingerprint density at radius 1 is 1.00 bits per heavy atom. The molecule has 0 unspecified atom stereocenters. The van der Waals surface area contributed by atoms with Crippen LogP contribution in [0.1, 0.15) is 13.8 Å². The van der Waals surface area contributed by atoms with E-state index in [0.29, 0.717) is 0 Å². The molecule has 0 fully saturated rings. The SMILES string of the molecule is C[C@H](N)C(=O)N[C@@H](C)C(=O)Nc1cccc2ccccc12. The molecule has 0 aliphatic carbocycles. The van der Waals surface area contributed by atoms with E-state index < -0.39 is 12.1 Å². The van der Waals surface area contributed by atoms with Gasteiger partial charge in [0.15, 0.2) is 0 Å². The molecule has 0 aliphatic heterocycles. The molecule has 0 heterocycles. The van der Waals surface area contributed by atoms with Crippen LogP contribution in [0.5, 0.6) is 0 Å². The van der Waals surface area contributed by atoms with E-state index in [1.807, 2.05) is 42.5 Å². The van der Waals surface area contributed by atoms with Crippen molar-refractivity contribution in [1.82, 2.24) is 5.32 Å². The Hall–Kier alpha value is -2.40. The summed E-state index contributed by atoms with van der Waals surface area (Å²) in [4.78, 5) is 23.7. The number of nitrogens with one attached hydrogen (secondary N) is 2. The van der Waals surface area contributed by atoms with Gasteiger partial charge >= 0.3 is 0 Å². The lowest BCUT2D eigenvalue weighted by Crippen LogP contribution is -2.47. The van der Waals surface area contributed by atoms with Crippen LogP contribution in [-0.2, 0) is 9.59 Å². The zero-order chi connectivity index (χ0) is 15.4. The molecule has 110 valence electrons. The summed E-state index contributed by atoms with van der Waals surface area (Å²) in [5.41, 5.74) is 6.19.